The van der Waals surface area contributed by atoms with Crippen LogP contribution in [0, 0.1) is 13.8 Å². The van der Waals surface area contributed by atoms with E-state index < -0.39 is 6.61 Å². The minimum Gasteiger partial charge on any atom is -0.435 e. The summed E-state index contributed by atoms with van der Waals surface area (Å²) in [4.78, 5) is 13.5. The standard InChI is InChI=1S/C20H18F2N2O3S/c1-12-17(13(2)27-24-12)11-28-18-6-4-3-5-16(18)19(25)23-14-7-9-15(10-8-14)26-20(21)22/h3-10,20H,11H2,1-2H3,(H,23,25). The van der Waals surface area contributed by atoms with Crippen LogP contribution in [-0.2, 0) is 5.75 Å². The summed E-state index contributed by atoms with van der Waals surface area (Å²) in [6, 6.07) is 13.0. The number of rotatable bonds is 7. The largest absolute Gasteiger partial charge is 0.435 e. The van der Waals surface area contributed by atoms with Gasteiger partial charge in [-0.25, -0.2) is 0 Å². The van der Waals surface area contributed by atoms with Crippen LogP contribution in [0.4, 0.5) is 14.5 Å². The highest BCUT2D eigenvalue weighted by atomic mass is 32.2. The fourth-order valence-electron chi connectivity index (χ4n) is 2.56. The molecule has 0 spiro atoms. The predicted molar refractivity (Wildman–Crippen MR) is 103 cm³/mol. The highest BCUT2D eigenvalue weighted by Gasteiger charge is 2.15. The third-order valence-electron chi connectivity index (χ3n) is 4.02. The fourth-order valence-corrected chi connectivity index (χ4v) is 3.76. The molecule has 146 valence electrons. The van der Waals surface area contributed by atoms with Crippen molar-refractivity contribution in [2.24, 2.45) is 0 Å². The van der Waals surface area contributed by atoms with Gasteiger partial charge in [-0.1, -0.05) is 17.3 Å². The molecule has 1 N–H and O–H groups in total. The molecule has 28 heavy (non-hydrogen) atoms. The average molecular weight is 404 g/mol. The van der Waals surface area contributed by atoms with Crippen LogP contribution in [0.25, 0.3) is 0 Å². The monoisotopic (exact) mass is 404 g/mol. The Hall–Kier alpha value is -2.87. The molecule has 3 aromatic rings. The van der Waals surface area contributed by atoms with E-state index in [1.54, 1.807) is 12.1 Å². The molecule has 2 aromatic carbocycles. The minimum atomic E-state index is -2.89. The summed E-state index contributed by atoms with van der Waals surface area (Å²) in [6.07, 6.45) is 0. The molecule has 0 unspecified atom stereocenters. The topological polar surface area (TPSA) is 64.4 Å². The summed E-state index contributed by atoms with van der Waals surface area (Å²) in [5, 5.41) is 6.71. The second-order valence-electron chi connectivity index (χ2n) is 5.94. The molecule has 8 heteroatoms. The zero-order chi connectivity index (χ0) is 20.1. The highest BCUT2D eigenvalue weighted by Crippen LogP contribution is 2.29. The van der Waals surface area contributed by atoms with Crippen LogP contribution < -0.4 is 10.1 Å². The van der Waals surface area contributed by atoms with Crippen molar-refractivity contribution < 1.29 is 22.8 Å². The van der Waals surface area contributed by atoms with E-state index >= 15 is 0 Å². The van der Waals surface area contributed by atoms with Crippen LogP contribution >= 0.6 is 11.8 Å². The van der Waals surface area contributed by atoms with Gasteiger partial charge in [0.2, 0.25) is 0 Å². The smallest absolute Gasteiger partial charge is 0.387 e. The van der Waals surface area contributed by atoms with Crippen molar-refractivity contribution in [3.05, 3.63) is 71.1 Å². The van der Waals surface area contributed by atoms with Crippen LogP contribution in [-0.4, -0.2) is 17.7 Å². The summed E-state index contributed by atoms with van der Waals surface area (Å²) < 4.78 is 33.9. The van der Waals surface area contributed by atoms with Gasteiger partial charge in [0.05, 0.1) is 11.3 Å². The van der Waals surface area contributed by atoms with Crippen molar-refractivity contribution in [3.63, 3.8) is 0 Å². The molecular formula is C20H18F2N2O3S. The van der Waals surface area contributed by atoms with Gasteiger partial charge in [0.1, 0.15) is 11.5 Å². The Morgan fingerprint density at radius 2 is 1.89 bits per heavy atom. The number of thioether (sulfide) groups is 1. The molecule has 0 atom stereocenters. The Morgan fingerprint density at radius 3 is 2.54 bits per heavy atom. The maximum atomic E-state index is 12.7. The van der Waals surface area contributed by atoms with Crippen molar-refractivity contribution >= 4 is 23.4 Å². The second kappa shape index (κ2) is 8.88. The van der Waals surface area contributed by atoms with E-state index in [0.29, 0.717) is 17.0 Å². The third kappa shape index (κ3) is 4.89. The van der Waals surface area contributed by atoms with Crippen molar-refractivity contribution in [3.8, 4) is 5.75 Å². The zero-order valence-corrected chi connectivity index (χ0v) is 16.1. The number of carbonyl (C=O) groups is 1. The second-order valence-corrected chi connectivity index (χ2v) is 6.96. The first kappa shape index (κ1) is 19.9. The molecule has 3 rings (SSSR count). The number of nitrogens with one attached hydrogen (secondary N) is 1. The summed E-state index contributed by atoms with van der Waals surface area (Å²) in [5.41, 5.74) is 2.84. The molecule has 0 saturated carbocycles. The highest BCUT2D eigenvalue weighted by molar-refractivity contribution is 7.98. The lowest BCUT2D eigenvalue weighted by Crippen LogP contribution is -2.13. The number of hydrogen-bond donors (Lipinski definition) is 1. The lowest BCUT2D eigenvalue weighted by Gasteiger charge is -2.11. The number of amides is 1. The maximum absolute atomic E-state index is 12.7. The van der Waals surface area contributed by atoms with Gasteiger partial charge < -0.3 is 14.6 Å². The van der Waals surface area contributed by atoms with E-state index in [2.05, 4.69) is 15.2 Å². The SMILES string of the molecule is Cc1noc(C)c1CSc1ccccc1C(=O)Nc1ccc(OC(F)F)cc1. The first-order valence-corrected chi connectivity index (χ1v) is 9.42. The van der Waals surface area contributed by atoms with Crippen molar-refractivity contribution in [1.82, 2.24) is 5.16 Å². The Bertz CT molecular complexity index is 939. The number of aryl methyl sites for hydroxylation is 2. The third-order valence-corrected chi connectivity index (χ3v) is 5.12. The van der Waals surface area contributed by atoms with Crippen LogP contribution in [0.2, 0.25) is 0 Å². The molecule has 1 heterocycles. The lowest BCUT2D eigenvalue weighted by atomic mass is 10.2. The average Bonchev–Trinajstić information content (AvgIpc) is 2.99. The molecule has 0 fully saturated rings. The van der Waals surface area contributed by atoms with E-state index in [9.17, 15) is 13.6 Å². The van der Waals surface area contributed by atoms with Crippen LogP contribution in [0.5, 0.6) is 5.75 Å². The molecule has 1 aromatic heterocycles. The molecular weight excluding hydrogens is 386 g/mol. The first-order chi connectivity index (χ1) is 13.4. The lowest BCUT2D eigenvalue weighted by molar-refractivity contribution is -0.0498. The number of alkyl halides is 2. The summed E-state index contributed by atoms with van der Waals surface area (Å²) in [5.74, 6) is 1.14. The number of halogens is 2. The van der Waals surface area contributed by atoms with Gasteiger partial charge >= 0.3 is 6.61 Å². The van der Waals surface area contributed by atoms with Gasteiger partial charge in [-0.05, 0) is 50.2 Å². The Balaban J connectivity index is 1.70. The molecule has 0 aliphatic carbocycles. The van der Waals surface area contributed by atoms with Gasteiger partial charge in [0, 0.05) is 21.9 Å². The molecule has 0 aliphatic heterocycles. The minimum absolute atomic E-state index is 0.0309. The van der Waals surface area contributed by atoms with E-state index in [1.165, 1.54) is 36.0 Å². The molecule has 5 nitrogen and oxygen atoms in total. The van der Waals surface area contributed by atoms with Gasteiger partial charge in [-0.15, -0.1) is 11.8 Å². The van der Waals surface area contributed by atoms with Crippen molar-refractivity contribution in [1.29, 1.82) is 0 Å². The summed E-state index contributed by atoms with van der Waals surface area (Å²) >= 11 is 1.52. The Labute approximate surface area is 165 Å². The van der Waals surface area contributed by atoms with E-state index in [4.69, 9.17) is 4.52 Å². The molecule has 1 amide bonds. The Kier molecular flexibility index (Phi) is 6.30. The molecule has 0 radical (unpaired) electrons. The first-order valence-electron chi connectivity index (χ1n) is 8.44. The zero-order valence-electron chi connectivity index (χ0n) is 15.2. The number of hydrogen-bond acceptors (Lipinski definition) is 5. The van der Waals surface area contributed by atoms with E-state index in [0.717, 1.165) is 21.9 Å². The quantitative estimate of drug-likeness (QED) is 0.532. The number of nitrogens with zero attached hydrogens (tertiary/aromatic N) is 1. The van der Waals surface area contributed by atoms with Crippen LogP contribution in [0.15, 0.2) is 57.9 Å². The maximum Gasteiger partial charge on any atom is 0.387 e. The summed E-state index contributed by atoms with van der Waals surface area (Å²) in [7, 11) is 0. The number of aromatic nitrogens is 1. The Morgan fingerprint density at radius 1 is 1.18 bits per heavy atom. The normalized spacial score (nSPS) is 10.9. The molecule has 0 aliphatic rings. The van der Waals surface area contributed by atoms with Gasteiger partial charge in [-0.2, -0.15) is 8.78 Å². The van der Waals surface area contributed by atoms with Gasteiger partial charge in [-0.3, -0.25) is 4.79 Å². The fraction of sp³-hybridized carbons (Fsp3) is 0.200. The van der Waals surface area contributed by atoms with E-state index in [-0.39, 0.29) is 11.7 Å². The molecule has 0 saturated heterocycles. The predicted octanol–water partition coefficient (Wildman–Crippen LogP) is 5.44. The summed E-state index contributed by atoms with van der Waals surface area (Å²) in [6.45, 7) is 0.851. The molecule has 0 bridgehead atoms. The van der Waals surface area contributed by atoms with Gasteiger partial charge in [0.15, 0.2) is 0 Å². The number of benzene rings is 2. The number of carbonyl (C=O) groups excluding carboxylic acids is 1. The van der Waals surface area contributed by atoms with Crippen molar-refractivity contribution in [2.45, 2.75) is 31.1 Å². The number of ether oxygens (including phenoxy) is 1. The van der Waals surface area contributed by atoms with Crippen molar-refractivity contribution in [2.75, 3.05) is 5.32 Å². The van der Waals surface area contributed by atoms with E-state index in [1.807, 2.05) is 26.0 Å². The van der Waals surface area contributed by atoms with Gasteiger partial charge in [0.25, 0.3) is 5.91 Å². The van der Waals surface area contributed by atoms with Crippen LogP contribution in [0.1, 0.15) is 27.4 Å². The van der Waals surface area contributed by atoms with Crippen LogP contribution in [0.3, 0.4) is 0 Å². The number of anilines is 1.